The first-order chi connectivity index (χ1) is 7.05. The maximum Gasteiger partial charge on any atom is 0.237 e. The van der Waals surface area contributed by atoms with Gasteiger partial charge >= 0.3 is 0 Å². The van der Waals surface area contributed by atoms with Crippen LogP contribution in [0.2, 0.25) is 0 Å². The van der Waals surface area contributed by atoms with E-state index < -0.39 is 10.0 Å². The summed E-state index contributed by atoms with van der Waals surface area (Å²) in [6.07, 6.45) is 0.854. The molecule has 1 heterocycles. The third kappa shape index (κ3) is 5.11. The first-order valence-electron chi connectivity index (χ1n) is 5.03. The predicted octanol–water partition coefficient (Wildman–Crippen LogP) is -1.17. The Morgan fingerprint density at radius 1 is 1.44 bits per heavy atom. The van der Waals surface area contributed by atoms with Crippen LogP contribution in [0.1, 0.15) is 13.3 Å². The molecule has 1 atom stereocenters. The number of rotatable bonds is 6. The Morgan fingerprint density at radius 2 is 2.06 bits per heavy atom. The molecule has 0 aromatic carbocycles. The van der Waals surface area contributed by atoms with E-state index in [2.05, 4.69) is 15.4 Å². The number of amides is 1. The number of nitrogens with one attached hydrogen (secondary N) is 3. The van der Waals surface area contributed by atoms with Crippen LogP contribution in [0.15, 0.2) is 0 Å². The zero-order valence-corrected chi connectivity index (χ0v) is 10.8. The van der Waals surface area contributed by atoms with E-state index >= 15 is 0 Å². The minimum absolute atomic E-state index is 0. The molecule has 0 bridgehead atoms. The van der Waals surface area contributed by atoms with Crippen molar-refractivity contribution in [3.63, 3.8) is 0 Å². The zero-order chi connectivity index (χ0) is 11.3. The van der Waals surface area contributed by atoms with Crippen LogP contribution in [0.4, 0.5) is 0 Å². The minimum atomic E-state index is -3.15. The van der Waals surface area contributed by atoms with Crippen LogP contribution in [0.25, 0.3) is 0 Å². The van der Waals surface area contributed by atoms with Gasteiger partial charge in [-0.25, -0.2) is 13.1 Å². The van der Waals surface area contributed by atoms with Gasteiger partial charge in [0.15, 0.2) is 0 Å². The van der Waals surface area contributed by atoms with Crippen LogP contribution in [0, 0.1) is 0 Å². The van der Waals surface area contributed by atoms with Gasteiger partial charge < -0.3 is 10.6 Å². The Hall–Kier alpha value is -0.370. The summed E-state index contributed by atoms with van der Waals surface area (Å²) in [5, 5.41) is 5.62. The molecular formula is C8H18ClN3O3S. The summed E-state index contributed by atoms with van der Waals surface area (Å²) in [5.74, 6) is 0.00226. The lowest BCUT2D eigenvalue weighted by Crippen LogP contribution is -2.54. The molecule has 6 nitrogen and oxygen atoms in total. The summed E-state index contributed by atoms with van der Waals surface area (Å²) in [4.78, 5) is 11.3. The fraction of sp³-hybridized carbons (Fsp3) is 0.875. The molecule has 1 fully saturated rings. The fourth-order valence-electron chi connectivity index (χ4n) is 1.13. The maximum atomic E-state index is 11.3. The van der Waals surface area contributed by atoms with Crippen molar-refractivity contribution >= 4 is 28.3 Å². The van der Waals surface area contributed by atoms with Crippen molar-refractivity contribution < 1.29 is 13.2 Å². The molecule has 16 heavy (non-hydrogen) atoms. The molecule has 0 radical (unpaired) electrons. The summed E-state index contributed by atoms with van der Waals surface area (Å²) in [6.45, 7) is 3.02. The van der Waals surface area contributed by atoms with Crippen molar-refractivity contribution in [1.82, 2.24) is 15.4 Å². The highest BCUT2D eigenvalue weighted by atomic mass is 35.5. The second-order valence-corrected chi connectivity index (χ2v) is 5.48. The summed E-state index contributed by atoms with van der Waals surface area (Å²) < 4.78 is 24.4. The molecule has 1 aliphatic rings. The van der Waals surface area contributed by atoms with Gasteiger partial charge in [0.1, 0.15) is 0 Å². The van der Waals surface area contributed by atoms with E-state index in [9.17, 15) is 13.2 Å². The Bertz CT molecular complexity index is 316. The summed E-state index contributed by atoms with van der Waals surface area (Å²) in [7, 11) is -3.15. The number of hydrogen-bond donors (Lipinski definition) is 3. The average Bonchev–Trinajstić information content (AvgIpc) is 2.10. The van der Waals surface area contributed by atoms with E-state index in [1.54, 1.807) is 6.92 Å². The lowest BCUT2D eigenvalue weighted by molar-refractivity contribution is -0.124. The average molecular weight is 272 g/mol. The van der Waals surface area contributed by atoms with Crippen molar-refractivity contribution in [2.24, 2.45) is 0 Å². The minimum Gasteiger partial charge on any atom is -0.353 e. The Morgan fingerprint density at radius 3 is 2.50 bits per heavy atom. The standard InChI is InChI=1S/C8H17N3O3S.ClH/c1-2-15(13,14)11-6-5-10-8(12)7-3-4-9-7;/h7,9,11H,2-6H2,1H3,(H,10,12);1H/t7-;/m1./s1. The Labute approximate surface area is 102 Å². The number of carbonyl (C=O) groups is 1. The van der Waals surface area contributed by atoms with Crippen LogP contribution < -0.4 is 15.4 Å². The molecule has 1 amide bonds. The smallest absolute Gasteiger partial charge is 0.237 e. The second-order valence-electron chi connectivity index (χ2n) is 3.38. The van der Waals surface area contributed by atoms with Crippen molar-refractivity contribution in [2.75, 3.05) is 25.4 Å². The van der Waals surface area contributed by atoms with Crippen LogP contribution in [-0.2, 0) is 14.8 Å². The molecule has 0 aromatic rings. The molecule has 0 aliphatic carbocycles. The van der Waals surface area contributed by atoms with Crippen LogP contribution in [-0.4, -0.2) is 45.8 Å². The summed E-state index contributed by atoms with van der Waals surface area (Å²) in [5.41, 5.74) is 0. The lowest BCUT2D eigenvalue weighted by Gasteiger charge is -2.26. The monoisotopic (exact) mass is 271 g/mol. The summed E-state index contributed by atoms with van der Waals surface area (Å²) in [6, 6.07) is -0.0900. The number of halogens is 1. The van der Waals surface area contributed by atoms with Crippen molar-refractivity contribution in [3.8, 4) is 0 Å². The van der Waals surface area contributed by atoms with Crippen LogP contribution >= 0.6 is 12.4 Å². The van der Waals surface area contributed by atoms with Gasteiger partial charge in [-0.05, 0) is 19.9 Å². The third-order valence-corrected chi connectivity index (χ3v) is 3.67. The highest BCUT2D eigenvalue weighted by Gasteiger charge is 2.23. The molecule has 3 N–H and O–H groups in total. The van der Waals surface area contributed by atoms with Crippen molar-refractivity contribution in [1.29, 1.82) is 0 Å². The van der Waals surface area contributed by atoms with Gasteiger partial charge in [0.05, 0.1) is 11.8 Å². The quantitative estimate of drug-likeness (QED) is 0.531. The molecule has 8 heteroatoms. The highest BCUT2D eigenvalue weighted by Crippen LogP contribution is 2.00. The van der Waals surface area contributed by atoms with Crippen molar-refractivity contribution in [3.05, 3.63) is 0 Å². The number of sulfonamides is 1. The second kappa shape index (κ2) is 7.05. The van der Waals surface area contributed by atoms with Crippen LogP contribution in [0.3, 0.4) is 0 Å². The molecule has 96 valence electrons. The molecule has 0 spiro atoms. The van der Waals surface area contributed by atoms with E-state index in [0.29, 0.717) is 6.54 Å². The molecular weight excluding hydrogens is 254 g/mol. The van der Waals surface area contributed by atoms with Gasteiger partial charge in [-0.15, -0.1) is 12.4 Å². The van der Waals surface area contributed by atoms with Gasteiger partial charge in [-0.1, -0.05) is 0 Å². The molecule has 1 saturated heterocycles. The normalized spacial score (nSPS) is 19.4. The van der Waals surface area contributed by atoms with E-state index in [-0.39, 0.29) is 36.7 Å². The largest absolute Gasteiger partial charge is 0.353 e. The third-order valence-electron chi connectivity index (χ3n) is 2.27. The highest BCUT2D eigenvalue weighted by molar-refractivity contribution is 7.89. The van der Waals surface area contributed by atoms with Gasteiger partial charge in [-0.3, -0.25) is 4.79 Å². The number of carbonyl (C=O) groups excluding carboxylic acids is 1. The molecule has 0 saturated carbocycles. The number of hydrogen-bond acceptors (Lipinski definition) is 4. The molecule has 0 unspecified atom stereocenters. The van der Waals surface area contributed by atoms with Gasteiger partial charge in [0.2, 0.25) is 15.9 Å². The first kappa shape index (κ1) is 15.6. The van der Waals surface area contributed by atoms with E-state index in [0.717, 1.165) is 13.0 Å². The fourth-order valence-corrected chi connectivity index (χ4v) is 1.75. The first-order valence-corrected chi connectivity index (χ1v) is 6.69. The van der Waals surface area contributed by atoms with Gasteiger partial charge in [0, 0.05) is 13.1 Å². The van der Waals surface area contributed by atoms with Gasteiger partial charge in [-0.2, -0.15) is 0 Å². The Balaban J connectivity index is 0.00000225. The van der Waals surface area contributed by atoms with E-state index in [1.807, 2.05) is 0 Å². The van der Waals surface area contributed by atoms with Gasteiger partial charge in [0.25, 0.3) is 0 Å². The van der Waals surface area contributed by atoms with E-state index in [4.69, 9.17) is 0 Å². The predicted molar refractivity (Wildman–Crippen MR) is 64.1 cm³/mol. The van der Waals surface area contributed by atoms with Crippen LogP contribution in [0.5, 0.6) is 0 Å². The van der Waals surface area contributed by atoms with E-state index in [1.165, 1.54) is 0 Å². The molecule has 1 rings (SSSR count). The molecule has 0 aromatic heterocycles. The maximum absolute atomic E-state index is 11.3. The topological polar surface area (TPSA) is 87.3 Å². The Kier molecular flexibility index (Phi) is 6.89. The summed E-state index contributed by atoms with van der Waals surface area (Å²) >= 11 is 0. The van der Waals surface area contributed by atoms with Crippen molar-refractivity contribution in [2.45, 2.75) is 19.4 Å². The zero-order valence-electron chi connectivity index (χ0n) is 9.15. The molecule has 1 aliphatic heterocycles. The lowest BCUT2D eigenvalue weighted by atomic mass is 10.1. The SMILES string of the molecule is CCS(=O)(=O)NCCNC(=O)[C@H]1CCN1.Cl.